The van der Waals surface area contributed by atoms with E-state index in [1.807, 2.05) is 0 Å². The normalized spacial score (nSPS) is 14.2. The maximum Gasteiger partial charge on any atom is 0.372 e. The molecule has 0 aromatic rings. The molecular weight excluding hydrogens is 380 g/mol. The van der Waals surface area contributed by atoms with Gasteiger partial charge in [0.05, 0.1) is 0 Å². The number of hydrogen-bond acceptors (Lipinski definition) is 6. The monoisotopic (exact) mass is 400 g/mol. The van der Waals surface area contributed by atoms with Gasteiger partial charge in [0.25, 0.3) is 0 Å². The predicted octanol–water partition coefficient (Wildman–Crippen LogP) is 1.92. The summed E-state index contributed by atoms with van der Waals surface area (Å²) < 4.78 is 0. The highest BCUT2D eigenvalue weighted by atomic mass is 32.2. The van der Waals surface area contributed by atoms with E-state index in [4.69, 9.17) is 20.4 Å². The highest BCUT2D eigenvalue weighted by molar-refractivity contribution is 8.03. The van der Waals surface area contributed by atoms with Crippen molar-refractivity contribution < 1.29 is 44.4 Å². The van der Waals surface area contributed by atoms with E-state index in [0.29, 0.717) is 27.4 Å². The molecule has 0 spiro atoms. The summed E-state index contributed by atoms with van der Waals surface area (Å²) in [6.45, 7) is 0. The first-order valence-corrected chi connectivity index (χ1v) is 9.08. The lowest BCUT2D eigenvalue weighted by Gasteiger charge is -2.26. The third kappa shape index (κ3) is 7.65. The second kappa shape index (κ2) is 10.5. The first kappa shape index (κ1) is 22.4. The van der Waals surface area contributed by atoms with Gasteiger partial charge in [-0.2, -0.15) is 0 Å². The third-order valence-electron chi connectivity index (χ3n) is 3.93. The van der Waals surface area contributed by atoms with Crippen LogP contribution in [0.15, 0.2) is 21.6 Å². The Hall–Kier alpha value is -2.62. The fourth-order valence-electron chi connectivity index (χ4n) is 2.67. The summed E-state index contributed by atoms with van der Waals surface area (Å²) in [6, 6.07) is 0. The Kier molecular flexibility index (Phi) is 8.73. The molecule has 27 heavy (non-hydrogen) atoms. The molecule has 0 radical (unpaired) electrons. The molecule has 1 rings (SSSR count). The lowest BCUT2D eigenvalue weighted by molar-refractivity contribution is -0.148. The zero-order chi connectivity index (χ0) is 20.6. The fourth-order valence-corrected chi connectivity index (χ4v) is 3.97. The second-order valence-corrected chi connectivity index (χ2v) is 6.93. The number of allylic oxidation sites excluding steroid dienone is 3. The van der Waals surface area contributed by atoms with E-state index in [0.717, 1.165) is 0 Å². The van der Waals surface area contributed by atoms with Crippen LogP contribution in [0.5, 0.6) is 0 Å². The van der Waals surface area contributed by atoms with Crippen LogP contribution in [-0.4, -0.2) is 55.8 Å². The van der Waals surface area contributed by atoms with Gasteiger partial charge in [-0.25, -0.2) is 4.79 Å². The van der Waals surface area contributed by atoms with Gasteiger partial charge in [0.15, 0.2) is 0 Å². The molecule has 0 fully saturated rings. The van der Waals surface area contributed by atoms with E-state index in [1.54, 1.807) is 0 Å². The number of carbonyl (C=O) groups is 5. The molecule has 10 heteroatoms. The highest BCUT2D eigenvalue weighted by Gasteiger charge is 2.26. The van der Waals surface area contributed by atoms with Crippen molar-refractivity contribution >= 4 is 41.4 Å². The average molecular weight is 400 g/mol. The summed E-state index contributed by atoms with van der Waals surface area (Å²) in [7, 11) is 0. The molecule has 9 nitrogen and oxygen atoms in total. The Morgan fingerprint density at radius 3 is 1.70 bits per heavy atom. The maximum atomic E-state index is 11.6. The van der Waals surface area contributed by atoms with Gasteiger partial charge in [-0.15, -0.1) is 11.8 Å². The smallest absolute Gasteiger partial charge is 0.372 e. The van der Waals surface area contributed by atoms with Crippen LogP contribution in [0.4, 0.5) is 0 Å². The number of carboxylic acids is 4. The third-order valence-corrected chi connectivity index (χ3v) is 5.16. The summed E-state index contributed by atoms with van der Waals surface area (Å²) >= 11 is 1.17. The van der Waals surface area contributed by atoms with Crippen molar-refractivity contribution in [3.8, 4) is 0 Å². The molecule has 0 saturated carbocycles. The van der Waals surface area contributed by atoms with E-state index in [2.05, 4.69) is 0 Å². The second-order valence-electron chi connectivity index (χ2n) is 5.86. The minimum absolute atomic E-state index is 0.0100. The average Bonchev–Trinajstić information content (AvgIpc) is 2.56. The number of carboxylic acid groups (broad SMARTS) is 4. The lowest BCUT2D eigenvalue weighted by Crippen LogP contribution is -2.16. The predicted molar refractivity (Wildman–Crippen MR) is 94.4 cm³/mol. The van der Waals surface area contributed by atoms with E-state index >= 15 is 0 Å². The number of aliphatic carboxylic acids is 4. The van der Waals surface area contributed by atoms with Crippen LogP contribution in [0, 0.1) is 0 Å². The number of carbonyl (C=O) groups excluding carboxylic acids is 1. The molecule has 1 aliphatic heterocycles. The van der Waals surface area contributed by atoms with Crippen molar-refractivity contribution in [1.29, 1.82) is 0 Å². The molecule has 0 aromatic heterocycles. The zero-order valence-corrected chi connectivity index (χ0v) is 15.2. The summed E-state index contributed by atoms with van der Waals surface area (Å²) in [5.41, 5.74) is 1.67. The van der Waals surface area contributed by atoms with Gasteiger partial charge in [-0.3, -0.25) is 19.2 Å². The molecule has 0 amide bonds. The maximum absolute atomic E-state index is 11.6. The van der Waals surface area contributed by atoms with Crippen molar-refractivity contribution in [2.24, 2.45) is 0 Å². The lowest BCUT2D eigenvalue weighted by atomic mass is 9.89. The van der Waals surface area contributed by atoms with Gasteiger partial charge in [-0.1, -0.05) is 5.57 Å². The van der Waals surface area contributed by atoms with Crippen LogP contribution in [0.25, 0.3) is 0 Å². The van der Waals surface area contributed by atoms with Crippen molar-refractivity contribution in [1.82, 2.24) is 0 Å². The summed E-state index contributed by atoms with van der Waals surface area (Å²) in [4.78, 5) is 55.7. The molecule has 4 N–H and O–H groups in total. The molecule has 0 saturated heterocycles. The number of hydrogen-bond donors (Lipinski definition) is 4. The molecule has 0 unspecified atom stereocenters. The minimum Gasteiger partial charge on any atom is -0.481 e. The van der Waals surface area contributed by atoms with Gasteiger partial charge in [-0.05, 0) is 35.3 Å². The Morgan fingerprint density at radius 2 is 1.22 bits per heavy atom. The van der Waals surface area contributed by atoms with Crippen LogP contribution in [0.1, 0.15) is 44.9 Å². The molecule has 0 aliphatic carbocycles. The summed E-state index contributed by atoms with van der Waals surface area (Å²) in [5.74, 6) is -5.52. The minimum atomic E-state index is -1.60. The Morgan fingerprint density at radius 1 is 0.741 bits per heavy atom. The van der Waals surface area contributed by atoms with Crippen molar-refractivity contribution in [2.75, 3.05) is 5.75 Å². The largest absolute Gasteiger partial charge is 0.481 e. The molecule has 0 atom stereocenters. The van der Waals surface area contributed by atoms with E-state index in [1.165, 1.54) is 11.8 Å². The molecule has 1 heterocycles. The molecule has 0 aromatic carbocycles. The standard InChI is InChI=1S/C17H20O9S/c18-12(17(25)26)7-13-11(3-6-16(23)24)10(2-5-15(21)22)9(8-27-13)1-4-14(19)20/h1-8H2,(H,19,20)(H,21,22)(H,23,24)(H,25,26). The van der Waals surface area contributed by atoms with Crippen LogP contribution in [-0.2, 0) is 24.0 Å². The van der Waals surface area contributed by atoms with E-state index in [-0.39, 0.29) is 38.5 Å². The number of thioether (sulfide) groups is 1. The Balaban J connectivity index is 3.30. The Labute approximate surface area is 158 Å². The van der Waals surface area contributed by atoms with E-state index in [9.17, 15) is 24.0 Å². The Bertz CT molecular complexity index is 718. The molecule has 0 bridgehead atoms. The molecular formula is C17H20O9S. The van der Waals surface area contributed by atoms with Gasteiger partial charge < -0.3 is 20.4 Å². The first-order valence-electron chi connectivity index (χ1n) is 8.09. The van der Waals surface area contributed by atoms with E-state index < -0.39 is 36.1 Å². The van der Waals surface area contributed by atoms with Crippen LogP contribution < -0.4 is 0 Å². The van der Waals surface area contributed by atoms with Gasteiger partial charge in [0, 0.05) is 31.4 Å². The van der Waals surface area contributed by atoms with Crippen molar-refractivity contribution in [2.45, 2.75) is 44.9 Å². The number of Topliss-reactive ketones (excluding diaryl/α,β-unsaturated/α-hetero) is 1. The van der Waals surface area contributed by atoms with Crippen LogP contribution in [0.2, 0.25) is 0 Å². The quantitative estimate of drug-likeness (QED) is 0.355. The molecule has 148 valence electrons. The SMILES string of the molecule is O=C(O)CCC1=C(CCC(=O)O)C(CCC(=O)O)=C(CC(=O)C(=O)O)SC1. The van der Waals surface area contributed by atoms with Crippen molar-refractivity contribution in [3.63, 3.8) is 0 Å². The fraction of sp³-hybridized carbons (Fsp3) is 0.471. The topological polar surface area (TPSA) is 166 Å². The first-order chi connectivity index (χ1) is 12.6. The highest BCUT2D eigenvalue weighted by Crippen LogP contribution is 2.41. The van der Waals surface area contributed by atoms with Crippen molar-refractivity contribution in [3.05, 3.63) is 21.6 Å². The summed E-state index contributed by atoms with van der Waals surface area (Å²) in [6.07, 6.45) is -0.842. The van der Waals surface area contributed by atoms with Gasteiger partial charge >= 0.3 is 23.9 Å². The number of ketones is 1. The zero-order valence-electron chi connectivity index (χ0n) is 14.4. The van der Waals surface area contributed by atoms with Crippen LogP contribution in [0.3, 0.4) is 0 Å². The van der Waals surface area contributed by atoms with Crippen LogP contribution >= 0.6 is 11.8 Å². The summed E-state index contributed by atoms with van der Waals surface area (Å²) in [5, 5.41) is 35.7. The molecule has 1 aliphatic rings. The van der Waals surface area contributed by atoms with Gasteiger partial charge in [0.2, 0.25) is 5.78 Å². The van der Waals surface area contributed by atoms with Gasteiger partial charge in [0.1, 0.15) is 0 Å². The number of rotatable bonds is 12.